The second-order valence-electron chi connectivity index (χ2n) is 3.83. The molecule has 96 valence electrons. The van der Waals surface area contributed by atoms with Gasteiger partial charge in [0.2, 0.25) is 0 Å². The van der Waals surface area contributed by atoms with Crippen molar-refractivity contribution in [2.24, 2.45) is 5.73 Å². The van der Waals surface area contributed by atoms with Gasteiger partial charge in [-0.2, -0.15) is 0 Å². The fourth-order valence-electron chi connectivity index (χ4n) is 1.84. The normalized spacial score (nSPS) is 14.4. The van der Waals surface area contributed by atoms with Gasteiger partial charge >= 0.3 is 0 Å². The van der Waals surface area contributed by atoms with Gasteiger partial charge in [0.25, 0.3) is 0 Å². The zero-order valence-corrected chi connectivity index (χ0v) is 11.7. The van der Waals surface area contributed by atoms with Crippen LogP contribution in [0.2, 0.25) is 10.0 Å². The van der Waals surface area contributed by atoms with Crippen LogP contribution in [0.5, 0.6) is 0 Å². The highest BCUT2D eigenvalue weighted by Gasteiger charge is 2.26. The van der Waals surface area contributed by atoms with Crippen molar-refractivity contribution in [3.8, 4) is 0 Å². The molecule has 3 N–H and O–H groups in total. The smallest absolute Gasteiger partial charge is 0.0979 e. The van der Waals surface area contributed by atoms with E-state index in [0.29, 0.717) is 15.6 Å². The summed E-state index contributed by atoms with van der Waals surface area (Å²) in [5.41, 5.74) is 8.11. The van der Waals surface area contributed by atoms with Gasteiger partial charge in [0.15, 0.2) is 0 Å². The van der Waals surface area contributed by atoms with E-state index in [-0.39, 0.29) is 12.5 Å². The van der Waals surface area contributed by atoms with Crippen molar-refractivity contribution in [1.82, 2.24) is 4.98 Å². The lowest BCUT2D eigenvalue weighted by molar-refractivity contribution is 0.151. The molecule has 0 fully saturated rings. The molecule has 0 spiro atoms. The Kier molecular flexibility index (Phi) is 4.59. The van der Waals surface area contributed by atoms with Gasteiger partial charge in [0.1, 0.15) is 0 Å². The Balaban J connectivity index is 2.40. The first-order chi connectivity index (χ1) is 8.65. The van der Waals surface area contributed by atoms with E-state index < -0.39 is 6.10 Å². The minimum Gasteiger partial charge on any atom is -0.387 e. The molecule has 0 aliphatic heterocycles. The van der Waals surface area contributed by atoms with E-state index in [0.717, 1.165) is 4.88 Å². The highest BCUT2D eigenvalue weighted by atomic mass is 35.5. The van der Waals surface area contributed by atoms with Crippen molar-refractivity contribution in [1.29, 1.82) is 0 Å². The molecule has 3 nitrogen and oxygen atoms in total. The van der Waals surface area contributed by atoms with Gasteiger partial charge < -0.3 is 10.8 Å². The lowest BCUT2D eigenvalue weighted by atomic mass is 9.92. The predicted molar refractivity (Wildman–Crippen MR) is 75.3 cm³/mol. The van der Waals surface area contributed by atoms with E-state index in [4.69, 9.17) is 28.9 Å². The topological polar surface area (TPSA) is 59.1 Å². The second kappa shape index (κ2) is 5.99. The molecule has 0 bridgehead atoms. The molecule has 0 saturated carbocycles. The zero-order valence-electron chi connectivity index (χ0n) is 9.38. The Hall–Kier alpha value is -0.650. The summed E-state index contributed by atoms with van der Waals surface area (Å²) in [7, 11) is 0. The molecule has 0 radical (unpaired) electrons. The van der Waals surface area contributed by atoms with Gasteiger partial charge in [-0.1, -0.05) is 29.3 Å². The second-order valence-corrected chi connectivity index (χ2v) is 5.56. The van der Waals surface area contributed by atoms with Crippen molar-refractivity contribution >= 4 is 34.5 Å². The molecule has 0 amide bonds. The zero-order chi connectivity index (χ0) is 13.1. The molecule has 2 rings (SSSR count). The first kappa shape index (κ1) is 13.8. The molecule has 2 atom stereocenters. The number of aliphatic hydroxyl groups is 1. The highest BCUT2D eigenvalue weighted by molar-refractivity contribution is 7.09. The van der Waals surface area contributed by atoms with Gasteiger partial charge in [-0.3, -0.25) is 4.98 Å². The number of aromatic nitrogens is 1. The summed E-state index contributed by atoms with van der Waals surface area (Å²) in [5, 5.41) is 11.4. The predicted octanol–water partition coefficient (Wildman–Crippen LogP) is 3.23. The average molecular weight is 303 g/mol. The van der Waals surface area contributed by atoms with Crippen LogP contribution >= 0.6 is 34.5 Å². The van der Waals surface area contributed by atoms with Crippen molar-refractivity contribution in [2.75, 3.05) is 6.54 Å². The molecular weight excluding hydrogens is 291 g/mol. The van der Waals surface area contributed by atoms with Gasteiger partial charge in [-0.15, -0.1) is 11.3 Å². The van der Waals surface area contributed by atoms with E-state index in [2.05, 4.69) is 4.98 Å². The maximum absolute atomic E-state index is 10.3. The molecule has 1 aromatic heterocycles. The maximum Gasteiger partial charge on any atom is 0.0979 e. The summed E-state index contributed by atoms with van der Waals surface area (Å²) in [4.78, 5) is 4.70. The van der Waals surface area contributed by atoms with E-state index in [1.807, 2.05) is 0 Å². The highest BCUT2D eigenvalue weighted by Crippen LogP contribution is 2.39. The number of hydrogen-bond donors (Lipinski definition) is 2. The van der Waals surface area contributed by atoms with Gasteiger partial charge in [-0.25, -0.2) is 0 Å². The third-order valence-electron chi connectivity index (χ3n) is 2.75. The van der Waals surface area contributed by atoms with Crippen LogP contribution in [-0.4, -0.2) is 16.6 Å². The van der Waals surface area contributed by atoms with Crippen LogP contribution in [0.4, 0.5) is 0 Å². The molecule has 1 heterocycles. The number of nitrogens with two attached hydrogens (primary N) is 1. The van der Waals surface area contributed by atoms with E-state index in [1.54, 1.807) is 29.9 Å². The molecule has 18 heavy (non-hydrogen) atoms. The summed E-state index contributed by atoms with van der Waals surface area (Å²) >= 11 is 13.7. The van der Waals surface area contributed by atoms with Gasteiger partial charge in [0.05, 0.1) is 16.5 Å². The Morgan fingerprint density at radius 1 is 1.33 bits per heavy atom. The van der Waals surface area contributed by atoms with E-state index in [9.17, 15) is 5.11 Å². The molecule has 2 aromatic rings. The Morgan fingerprint density at radius 2 is 2.00 bits per heavy atom. The largest absolute Gasteiger partial charge is 0.387 e. The van der Waals surface area contributed by atoms with Crippen molar-refractivity contribution in [3.05, 3.63) is 50.4 Å². The maximum atomic E-state index is 10.3. The minimum absolute atomic E-state index is 0.252. The van der Waals surface area contributed by atoms with Crippen LogP contribution in [0.15, 0.2) is 29.9 Å². The summed E-state index contributed by atoms with van der Waals surface area (Å²) < 4.78 is 0. The number of halogens is 2. The molecule has 1 aromatic carbocycles. The van der Waals surface area contributed by atoms with Crippen molar-refractivity contribution in [2.45, 2.75) is 12.0 Å². The quantitative estimate of drug-likeness (QED) is 0.911. The molecular formula is C12H12Cl2N2OS. The molecule has 0 saturated heterocycles. The lowest BCUT2D eigenvalue weighted by Crippen LogP contribution is -2.20. The number of aliphatic hydroxyl groups excluding tert-OH is 1. The van der Waals surface area contributed by atoms with Crippen LogP contribution in [0, 0.1) is 0 Å². The summed E-state index contributed by atoms with van der Waals surface area (Å²) in [6.45, 7) is 0.252. The molecule has 0 aliphatic rings. The Bertz CT molecular complexity index is 499. The van der Waals surface area contributed by atoms with Crippen LogP contribution < -0.4 is 5.73 Å². The SMILES string of the molecule is NCC(c1c(Cl)cccc1Cl)C(O)c1cncs1. The number of nitrogens with zero attached hydrogens (tertiary/aromatic N) is 1. The third kappa shape index (κ3) is 2.68. The first-order valence-electron chi connectivity index (χ1n) is 5.35. The number of benzene rings is 1. The van der Waals surface area contributed by atoms with Crippen molar-refractivity contribution in [3.63, 3.8) is 0 Å². The van der Waals surface area contributed by atoms with E-state index in [1.165, 1.54) is 11.3 Å². The van der Waals surface area contributed by atoms with E-state index >= 15 is 0 Å². The summed E-state index contributed by atoms with van der Waals surface area (Å²) in [5.74, 6) is -0.341. The molecule has 6 heteroatoms. The fourth-order valence-corrected chi connectivity index (χ4v) is 3.19. The lowest BCUT2D eigenvalue weighted by Gasteiger charge is -2.22. The van der Waals surface area contributed by atoms with Crippen LogP contribution in [0.1, 0.15) is 22.5 Å². The standard InChI is InChI=1S/C12H12Cl2N2OS/c13-8-2-1-3-9(14)11(8)7(4-15)12(17)10-5-16-6-18-10/h1-3,5-7,12,17H,4,15H2. The fraction of sp³-hybridized carbons (Fsp3) is 0.250. The summed E-state index contributed by atoms with van der Waals surface area (Å²) in [6, 6.07) is 5.25. The van der Waals surface area contributed by atoms with Crippen LogP contribution in [-0.2, 0) is 0 Å². The minimum atomic E-state index is -0.750. The summed E-state index contributed by atoms with van der Waals surface area (Å²) in [6.07, 6.45) is 0.878. The number of thiazole rings is 1. The number of rotatable bonds is 4. The average Bonchev–Trinajstić information content (AvgIpc) is 2.87. The van der Waals surface area contributed by atoms with Gasteiger partial charge in [0, 0.05) is 28.7 Å². The number of hydrogen-bond acceptors (Lipinski definition) is 4. The van der Waals surface area contributed by atoms with Crippen LogP contribution in [0.3, 0.4) is 0 Å². The molecule has 0 aliphatic carbocycles. The Morgan fingerprint density at radius 3 is 2.50 bits per heavy atom. The first-order valence-corrected chi connectivity index (χ1v) is 6.99. The monoisotopic (exact) mass is 302 g/mol. The Labute approximate surface area is 119 Å². The van der Waals surface area contributed by atoms with Gasteiger partial charge in [-0.05, 0) is 17.7 Å². The molecule has 2 unspecified atom stereocenters. The van der Waals surface area contributed by atoms with Crippen LogP contribution in [0.25, 0.3) is 0 Å². The van der Waals surface area contributed by atoms with Crippen molar-refractivity contribution < 1.29 is 5.11 Å². The third-order valence-corrected chi connectivity index (χ3v) is 4.25.